The largest absolute Gasteiger partial charge is 0.416 e. The SMILES string of the molecule is CCn1nc(-c2ccc(Cl)cc2)n(CC(O)C(F)(F)F)c1=O.NC=O. The molecule has 0 saturated heterocycles. The van der Waals surface area contributed by atoms with Crippen molar-refractivity contribution in [2.24, 2.45) is 5.73 Å². The highest BCUT2D eigenvalue weighted by atomic mass is 35.5. The van der Waals surface area contributed by atoms with E-state index in [9.17, 15) is 23.1 Å². The number of nitrogens with zero attached hydrogens (tertiary/aromatic N) is 3. The third-order valence-electron chi connectivity index (χ3n) is 3.06. The van der Waals surface area contributed by atoms with Gasteiger partial charge in [-0.05, 0) is 31.2 Å². The molecule has 138 valence electrons. The van der Waals surface area contributed by atoms with E-state index in [4.69, 9.17) is 16.4 Å². The Morgan fingerprint density at radius 2 is 1.88 bits per heavy atom. The summed E-state index contributed by atoms with van der Waals surface area (Å²) in [5.41, 5.74) is 3.89. The fourth-order valence-corrected chi connectivity index (χ4v) is 2.03. The van der Waals surface area contributed by atoms with Crippen molar-refractivity contribution in [2.45, 2.75) is 32.3 Å². The van der Waals surface area contributed by atoms with Crippen molar-refractivity contribution in [3.05, 3.63) is 39.8 Å². The summed E-state index contributed by atoms with van der Waals surface area (Å²) in [6.07, 6.45) is -7.21. The van der Waals surface area contributed by atoms with Gasteiger partial charge in [0.15, 0.2) is 11.9 Å². The maximum Gasteiger partial charge on any atom is 0.416 e. The Bertz CT molecular complexity index is 756. The molecule has 0 radical (unpaired) electrons. The normalized spacial score (nSPS) is 12.2. The van der Waals surface area contributed by atoms with Crippen molar-refractivity contribution in [2.75, 3.05) is 0 Å². The van der Waals surface area contributed by atoms with Crippen LogP contribution in [0, 0.1) is 0 Å². The molecule has 1 amide bonds. The molecule has 0 spiro atoms. The molecule has 1 aromatic carbocycles. The average Bonchev–Trinajstić information content (AvgIpc) is 2.84. The van der Waals surface area contributed by atoms with Crippen molar-refractivity contribution in [1.29, 1.82) is 0 Å². The number of hydrogen-bond acceptors (Lipinski definition) is 4. The number of amides is 1. The lowest BCUT2D eigenvalue weighted by Gasteiger charge is -2.15. The average molecular weight is 381 g/mol. The van der Waals surface area contributed by atoms with Crippen molar-refractivity contribution < 1.29 is 23.1 Å². The van der Waals surface area contributed by atoms with E-state index in [1.807, 2.05) is 0 Å². The number of aliphatic hydroxyl groups excluding tert-OH is 1. The lowest BCUT2D eigenvalue weighted by Crippen LogP contribution is -2.37. The first kappa shape index (κ1) is 20.7. The van der Waals surface area contributed by atoms with Crippen molar-refractivity contribution >= 4 is 18.0 Å². The predicted molar refractivity (Wildman–Crippen MR) is 84.9 cm³/mol. The highest BCUT2D eigenvalue weighted by Gasteiger charge is 2.39. The van der Waals surface area contributed by atoms with Crippen LogP contribution in [0.1, 0.15) is 6.92 Å². The maximum atomic E-state index is 12.5. The van der Waals surface area contributed by atoms with Crippen molar-refractivity contribution in [1.82, 2.24) is 14.3 Å². The number of carbonyl (C=O) groups is 1. The molecule has 25 heavy (non-hydrogen) atoms. The molecule has 11 heteroatoms. The van der Waals surface area contributed by atoms with Gasteiger partial charge in [0.1, 0.15) is 0 Å². The number of hydrogen-bond donors (Lipinski definition) is 2. The molecule has 1 atom stereocenters. The summed E-state index contributed by atoms with van der Waals surface area (Å²) < 4.78 is 39.4. The molecule has 0 bridgehead atoms. The Hall–Kier alpha value is -2.33. The number of carbonyl (C=O) groups excluding carboxylic acids is 1. The van der Waals surface area contributed by atoms with Crippen LogP contribution in [0.4, 0.5) is 13.2 Å². The van der Waals surface area contributed by atoms with Crippen LogP contribution in [0.25, 0.3) is 11.4 Å². The Balaban J connectivity index is 0.000000970. The van der Waals surface area contributed by atoms with E-state index in [2.05, 4.69) is 10.8 Å². The van der Waals surface area contributed by atoms with Crippen LogP contribution < -0.4 is 11.4 Å². The van der Waals surface area contributed by atoms with Gasteiger partial charge in [0, 0.05) is 17.1 Å². The molecule has 0 fully saturated rings. The highest BCUT2D eigenvalue weighted by Crippen LogP contribution is 2.23. The summed E-state index contributed by atoms with van der Waals surface area (Å²) >= 11 is 5.76. The summed E-state index contributed by atoms with van der Waals surface area (Å²) in [4.78, 5) is 20.7. The van der Waals surface area contributed by atoms with E-state index in [-0.39, 0.29) is 18.8 Å². The van der Waals surface area contributed by atoms with Gasteiger partial charge in [-0.25, -0.2) is 9.48 Å². The zero-order valence-corrected chi connectivity index (χ0v) is 13.8. The lowest BCUT2D eigenvalue weighted by atomic mass is 10.2. The van der Waals surface area contributed by atoms with Crippen LogP contribution in [0.15, 0.2) is 29.1 Å². The molecule has 1 heterocycles. The van der Waals surface area contributed by atoms with Gasteiger partial charge in [-0.15, -0.1) is 5.10 Å². The first-order valence-electron chi connectivity index (χ1n) is 6.99. The number of rotatable bonds is 4. The van der Waals surface area contributed by atoms with Gasteiger partial charge < -0.3 is 10.8 Å². The van der Waals surface area contributed by atoms with E-state index < -0.39 is 24.5 Å². The van der Waals surface area contributed by atoms with Crippen LogP contribution in [0.3, 0.4) is 0 Å². The summed E-state index contributed by atoms with van der Waals surface area (Å²) in [6.45, 7) is 0.930. The van der Waals surface area contributed by atoms with Crippen LogP contribution in [0.2, 0.25) is 5.02 Å². The van der Waals surface area contributed by atoms with Gasteiger partial charge in [0.25, 0.3) is 0 Å². The number of nitrogens with two attached hydrogens (primary N) is 1. The third kappa shape index (κ3) is 5.33. The highest BCUT2D eigenvalue weighted by molar-refractivity contribution is 6.30. The monoisotopic (exact) mass is 380 g/mol. The number of primary amides is 1. The number of aryl methyl sites for hydroxylation is 1. The summed E-state index contributed by atoms with van der Waals surface area (Å²) in [6, 6.07) is 6.16. The molecule has 1 aromatic heterocycles. The summed E-state index contributed by atoms with van der Waals surface area (Å²) in [5.74, 6) is 0.0480. The molecule has 0 aliphatic heterocycles. The number of alkyl halides is 3. The van der Waals surface area contributed by atoms with Gasteiger partial charge in [0.05, 0.1) is 6.54 Å². The van der Waals surface area contributed by atoms with Gasteiger partial charge >= 0.3 is 11.9 Å². The maximum absolute atomic E-state index is 12.5. The smallest absolute Gasteiger partial charge is 0.382 e. The number of benzene rings is 1. The number of aliphatic hydroxyl groups is 1. The Morgan fingerprint density at radius 3 is 2.32 bits per heavy atom. The van der Waals surface area contributed by atoms with Crippen LogP contribution in [-0.4, -0.2) is 38.1 Å². The van der Waals surface area contributed by atoms with E-state index in [1.165, 1.54) is 12.1 Å². The number of halogens is 4. The molecule has 2 aromatic rings. The lowest BCUT2D eigenvalue weighted by molar-refractivity contribution is -0.207. The second kappa shape index (κ2) is 8.67. The van der Waals surface area contributed by atoms with E-state index in [0.29, 0.717) is 10.6 Å². The molecular weight excluding hydrogens is 365 g/mol. The molecule has 2 rings (SSSR count). The Kier molecular flexibility index (Phi) is 7.19. The third-order valence-corrected chi connectivity index (χ3v) is 3.31. The quantitative estimate of drug-likeness (QED) is 0.783. The predicted octanol–water partition coefficient (Wildman–Crippen LogP) is 1.41. The molecule has 0 saturated carbocycles. The zero-order chi connectivity index (χ0) is 19.2. The van der Waals surface area contributed by atoms with Crippen LogP contribution >= 0.6 is 11.6 Å². The molecule has 7 nitrogen and oxygen atoms in total. The van der Waals surface area contributed by atoms with Gasteiger partial charge in [0.2, 0.25) is 6.41 Å². The van der Waals surface area contributed by atoms with Crippen molar-refractivity contribution in [3.63, 3.8) is 0 Å². The zero-order valence-electron chi connectivity index (χ0n) is 13.1. The molecule has 1 unspecified atom stereocenters. The second-order valence-electron chi connectivity index (χ2n) is 4.73. The van der Waals surface area contributed by atoms with Crippen LogP contribution in [-0.2, 0) is 17.9 Å². The Labute approximate surface area is 145 Å². The van der Waals surface area contributed by atoms with Gasteiger partial charge in [-0.1, -0.05) is 11.6 Å². The summed E-state index contributed by atoms with van der Waals surface area (Å²) in [7, 11) is 0. The summed E-state index contributed by atoms with van der Waals surface area (Å²) in [5, 5.41) is 13.7. The number of aromatic nitrogens is 3. The molecule has 0 aliphatic carbocycles. The molecule has 0 aliphatic rings. The van der Waals surface area contributed by atoms with E-state index in [0.717, 1.165) is 9.25 Å². The molecular formula is C14H16ClF3N4O3. The first-order chi connectivity index (χ1) is 11.6. The van der Waals surface area contributed by atoms with E-state index >= 15 is 0 Å². The molecule has 3 N–H and O–H groups in total. The van der Waals surface area contributed by atoms with Crippen LogP contribution in [0.5, 0.6) is 0 Å². The second-order valence-corrected chi connectivity index (χ2v) is 5.17. The Morgan fingerprint density at radius 1 is 1.36 bits per heavy atom. The minimum Gasteiger partial charge on any atom is -0.382 e. The first-order valence-corrected chi connectivity index (χ1v) is 7.37. The fraction of sp³-hybridized carbons (Fsp3) is 0.357. The van der Waals surface area contributed by atoms with Crippen molar-refractivity contribution in [3.8, 4) is 11.4 Å². The van der Waals surface area contributed by atoms with Gasteiger partial charge in [-0.3, -0.25) is 9.36 Å². The van der Waals surface area contributed by atoms with E-state index in [1.54, 1.807) is 19.1 Å². The minimum atomic E-state index is -4.81. The minimum absolute atomic E-state index is 0.0480. The topological polar surface area (TPSA) is 103 Å². The van der Waals surface area contributed by atoms with Gasteiger partial charge in [-0.2, -0.15) is 13.2 Å². The standard InChI is InChI=1S/C13H13ClF3N3O2.CH3NO/c1-2-20-12(22)19(7-10(21)13(15,16)17)11(18-20)8-3-5-9(14)6-4-8;2-1-3/h3-6,10,21H,2,7H2,1H3;1H,(H2,2,3). The fourth-order valence-electron chi connectivity index (χ4n) is 1.90.